The Balaban J connectivity index is 2.66. The van der Waals surface area contributed by atoms with E-state index < -0.39 is 24.0 Å². The Hall–Kier alpha value is -2.83. The van der Waals surface area contributed by atoms with Crippen LogP contribution in [0.5, 0.6) is 0 Å². The highest BCUT2D eigenvalue weighted by Crippen LogP contribution is 2.12. The molecule has 21 heavy (non-hydrogen) atoms. The fourth-order valence-electron chi connectivity index (χ4n) is 1.49. The Bertz CT molecular complexity index is 568. The second kappa shape index (κ2) is 7.68. The molecule has 0 heterocycles. The van der Waals surface area contributed by atoms with Crippen LogP contribution in [0.3, 0.4) is 0 Å². The highest BCUT2D eigenvalue weighted by atomic mass is 16.5. The van der Waals surface area contributed by atoms with Crippen molar-refractivity contribution in [3.05, 3.63) is 35.9 Å². The number of methoxy groups -OCH3 is 1. The number of carbonyl (C=O) groups excluding carboxylic acids is 2. The highest BCUT2D eigenvalue weighted by Gasteiger charge is 2.15. The number of hydrogen-bond donors (Lipinski definition) is 3. The van der Waals surface area contributed by atoms with Crippen molar-refractivity contribution in [1.82, 2.24) is 5.32 Å². The van der Waals surface area contributed by atoms with Crippen LogP contribution in [0, 0.1) is 0 Å². The van der Waals surface area contributed by atoms with E-state index in [2.05, 4.69) is 15.4 Å². The number of benzene rings is 1. The lowest BCUT2D eigenvalue weighted by molar-refractivity contribution is -0.142. The van der Waals surface area contributed by atoms with Gasteiger partial charge in [0.1, 0.15) is 6.04 Å². The molecule has 1 unspecified atom stereocenters. The predicted octanol–water partition coefficient (Wildman–Crippen LogP) is 1.47. The number of ether oxygens (including phenoxy) is 1. The van der Waals surface area contributed by atoms with Crippen molar-refractivity contribution in [3.63, 3.8) is 0 Å². The average molecular weight is 292 g/mol. The molecule has 0 aliphatic carbocycles. The van der Waals surface area contributed by atoms with Crippen molar-refractivity contribution >= 4 is 29.7 Å². The topological polar surface area (TPSA) is 105 Å². The van der Waals surface area contributed by atoms with Crippen molar-refractivity contribution in [2.75, 3.05) is 12.4 Å². The molecule has 1 aromatic carbocycles. The Labute approximate surface area is 121 Å². The van der Waals surface area contributed by atoms with E-state index in [-0.39, 0.29) is 0 Å². The highest BCUT2D eigenvalue weighted by molar-refractivity contribution is 5.93. The van der Waals surface area contributed by atoms with Gasteiger partial charge in [0.25, 0.3) is 0 Å². The van der Waals surface area contributed by atoms with E-state index in [4.69, 9.17) is 5.11 Å². The zero-order chi connectivity index (χ0) is 15.8. The van der Waals surface area contributed by atoms with Crippen molar-refractivity contribution in [1.29, 1.82) is 0 Å². The predicted molar refractivity (Wildman–Crippen MR) is 76.7 cm³/mol. The number of aliphatic carboxylic acids is 1. The molecule has 0 aliphatic heterocycles. The zero-order valence-electron chi connectivity index (χ0n) is 11.6. The van der Waals surface area contributed by atoms with Crippen molar-refractivity contribution in [2.24, 2.45) is 0 Å². The molecule has 0 radical (unpaired) electrons. The van der Waals surface area contributed by atoms with Gasteiger partial charge in [0.15, 0.2) is 0 Å². The summed E-state index contributed by atoms with van der Waals surface area (Å²) >= 11 is 0. The summed E-state index contributed by atoms with van der Waals surface area (Å²) in [5.41, 5.74) is 1.09. The van der Waals surface area contributed by atoms with Gasteiger partial charge in [-0.2, -0.15) is 0 Å². The molecule has 0 saturated heterocycles. The molecule has 2 amide bonds. The quantitative estimate of drug-likeness (QED) is 0.563. The SMILES string of the molecule is COC(=O)C(C)NC(=O)Nc1cccc(/C=C/C(=O)O)c1. The summed E-state index contributed by atoms with van der Waals surface area (Å²) in [4.78, 5) is 33.3. The summed E-state index contributed by atoms with van der Waals surface area (Å²) in [6.07, 6.45) is 2.40. The fraction of sp³-hybridized carbons (Fsp3) is 0.214. The van der Waals surface area contributed by atoms with Crippen LogP contribution in [0.2, 0.25) is 0 Å². The number of hydrogen-bond acceptors (Lipinski definition) is 4. The Morgan fingerprint density at radius 3 is 2.67 bits per heavy atom. The van der Waals surface area contributed by atoms with E-state index in [1.165, 1.54) is 20.1 Å². The molecule has 7 heteroatoms. The molecule has 1 rings (SSSR count). The standard InChI is InChI=1S/C14H16N2O5/c1-9(13(19)21-2)15-14(20)16-11-5-3-4-10(8-11)6-7-12(17)18/h3-9H,1-2H3,(H,17,18)(H2,15,16,20)/b7-6+. The number of rotatable bonds is 5. The summed E-state index contributed by atoms with van der Waals surface area (Å²) in [5.74, 6) is -1.61. The zero-order valence-corrected chi connectivity index (χ0v) is 11.6. The molecule has 0 bridgehead atoms. The normalized spacial score (nSPS) is 11.7. The number of carboxylic acids is 1. The third kappa shape index (κ3) is 5.77. The second-order valence-electron chi connectivity index (χ2n) is 4.14. The third-order valence-electron chi connectivity index (χ3n) is 2.47. The molecule has 7 nitrogen and oxygen atoms in total. The van der Waals surface area contributed by atoms with Crippen LogP contribution in [0.4, 0.5) is 10.5 Å². The molecule has 3 N–H and O–H groups in total. The summed E-state index contributed by atoms with van der Waals surface area (Å²) < 4.78 is 4.49. The first kappa shape index (κ1) is 16.2. The van der Waals surface area contributed by atoms with E-state index in [9.17, 15) is 14.4 Å². The van der Waals surface area contributed by atoms with Crippen LogP contribution < -0.4 is 10.6 Å². The fourth-order valence-corrected chi connectivity index (χ4v) is 1.49. The number of esters is 1. The maximum atomic E-state index is 11.7. The molecular weight excluding hydrogens is 276 g/mol. The summed E-state index contributed by atoms with van der Waals surface area (Å²) in [6, 6.07) is 5.26. The lowest BCUT2D eigenvalue weighted by atomic mass is 10.2. The van der Waals surface area contributed by atoms with Gasteiger partial charge in [-0.15, -0.1) is 0 Å². The molecule has 0 spiro atoms. The van der Waals surface area contributed by atoms with Crippen LogP contribution in [-0.4, -0.2) is 36.2 Å². The summed E-state index contributed by atoms with van der Waals surface area (Å²) in [7, 11) is 1.23. The maximum absolute atomic E-state index is 11.7. The average Bonchev–Trinajstić information content (AvgIpc) is 2.44. The van der Waals surface area contributed by atoms with Gasteiger partial charge in [-0.05, 0) is 30.7 Å². The van der Waals surface area contributed by atoms with Gasteiger partial charge in [-0.3, -0.25) is 0 Å². The summed E-state index contributed by atoms with van der Waals surface area (Å²) in [6.45, 7) is 1.50. The summed E-state index contributed by atoms with van der Waals surface area (Å²) in [5, 5.41) is 13.5. The van der Waals surface area contributed by atoms with Crippen LogP contribution in [0.25, 0.3) is 6.08 Å². The Kier molecular flexibility index (Phi) is 5.94. The van der Waals surface area contributed by atoms with Gasteiger partial charge in [0.2, 0.25) is 0 Å². The van der Waals surface area contributed by atoms with E-state index in [0.29, 0.717) is 11.3 Å². The molecule has 112 valence electrons. The van der Waals surface area contributed by atoms with Gasteiger partial charge in [0.05, 0.1) is 7.11 Å². The van der Waals surface area contributed by atoms with Crippen molar-refractivity contribution in [3.8, 4) is 0 Å². The number of anilines is 1. The van der Waals surface area contributed by atoms with Crippen molar-refractivity contribution in [2.45, 2.75) is 13.0 Å². The molecule has 0 fully saturated rings. The largest absolute Gasteiger partial charge is 0.478 e. The first-order valence-corrected chi connectivity index (χ1v) is 6.09. The van der Waals surface area contributed by atoms with Gasteiger partial charge < -0.3 is 20.5 Å². The lowest BCUT2D eigenvalue weighted by Crippen LogP contribution is -2.41. The Morgan fingerprint density at radius 1 is 1.33 bits per heavy atom. The van der Waals surface area contributed by atoms with Gasteiger partial charge in [-0.25, -0.2) is 14.4 Å². The Morgan fingerprint density at radius 2 is 2.05 bits per heavy atom. The minimum atomic E-state index is -1.06. The van der Waals surface area contributed by atoms with E-state index in [1.54, 1.807) is 24.3 Å². The van der Waals surface area contributed by atoms with E-state index in [1.807, 2.05) is 0 Å². The number of urea groups is 1. The molecular formula is C14H16N2O5. The number of nitrogens with one attached hydrogen (secondary N) is 2. The maximum Gasteiger partial charge on any atom is 0.328 e. The molecule has 0 aromatic heterocycles. The lowest BCUT2D eigenvalue weighted by Gasteiger charge is -2.12. The van der Waals surface area contributed by atoms with Crippen LogP contribution in [0.15, 0.2) is 30.3 Å². The van der Waals surface area contributed by atoms with Gasteiger partial charge in [-0.1, -0.05) is 12.1 Å². The molecule has 1 atom stereocenters. The number of amides is 2. The van der Waals surface area contributed by atoms with Gasteiger partial charge >= 0.3 is 18.0 Å². The van der Waals surface area contributed by atoms with Crippen LogP contribution >= 0.6 is 0 Å². The van der Waals surface area contributed by atoms with Gasteiger partial charge in [0, 0.05) is 11.8 Å². The number of carbonyl (C=O) groups is 3. The first-order chi connectivity index (χ1) is 9.92. The minimum Gasteiger partial charge on any atom is -0.478 e. The third-order valence-corrected chi connectivity index (χ3v) is 2.47. The smallest absolute Gasteiger partial charge is 0.328 e. The number of carboxylic acid groups (broad SMARTS) is 1. The van der Waals surface area contributed by atoms with E-state index in [0.717, 1.165) is 6.08 Å². The molecule has 1 aromatic rings. The van der Waals surface area contributed by atoms with Crippen molar-refractivity contribution < 1.29 is 24.2 Å². The second-order valence-corrected chi connectivity index (χ2v) is 4.14. The molecule has 0 saturated carbocycles. The van der Waals surface area contributed by atoms with E-state index >= 15 is 0 Å². The van der Waals surface area contributed by atoms with Crippen LogP contribution in [-0.2, 0) is 14.3 Å². The van der Waals surface area contributed by atoms with Crippen LogP contribution in [0.1, 0.15) is 12.5 Å². The monoisotopic (exact) mass is 292 g/mol. The minimum absolute atomic E-state index is 0.470. The first-order valence-electron chi connectivity index (χ1n) is 6.09. The molecule has 0 aliphatic rings.